The maximum Gasteiger partial charge on any atom is 0.0462 e. The van der Waals surface area contributed by atoms with Gasteiger partial charge in [0.1, 0.15) is 0 Å². The van der Waals surface area contributed by atoms with Crippen molar-refractivity contribution in [3.63, 3.8) is 0 Å². The fourth-order valence-electron chi connectivity index (χ4n) is 10.1. The quantitative estimate of drug-likeness (QED) is 0.155. The Balaban J connectivity index is 0.929. The average molecular weight is 788 g/mol. The molecule has 1 aliphatic rings. The fourth-order valence-corrected chi connectivity index (χ4v) is 10.1. The minimum atomic E-state index is 0.156. The van der Waals surface area contributed by atoms with Gasteiger partial charge in [0.25, 0.3) is 0 Å². The summed E-state index contributed by atoms with van der Waals surface area (Å²) in [5, 5.41) is 7.62. The van der Waals surface area contributed by atoms with E-state index in [4.69, 9.17) is 0 Å². The molecule has 62 heavy (non-hydrogen) atoms. The van der Waals surface area contributed by atoms with Crippen LogP contribution in [0.5, 0.6) is 0 Å². The van der Waals surface area contributed by atoms with Gasteiger partial charge in [-0.3, -0.25) is 0 Å². The highest BCUT2D eigenvalue weighted by Gasteiger charge is 2.31. The Hall–Kier alpha value is -8.00. The monoisotopic (exact) mass is 787 g/mol. The van der Waals surface area contributed by atoms with Crippen LogP contribution in [0.25, 0.3) is 76.8 Å². The van der Waals surface area contributed by atoms with Crippen LogP contribution in [0.2, 0.25) is 0 Å². The van der Waals surface area contributed by atoms with E-state index in [0.717, 1.165) is 17.1 Å². The van der Waals surface area contributed by atoms with Crippen LogP contribution in [0.15, 0.2) is 243 Å². The van der Waals surface area contributed by atoms with Crippen molar-refractivity contribution in [3.05, 3.63) is 259 Å². The molecule has 0 saturated carbocycles. The van der Waals surface area contributed by atoms with Gasteiger partial charge in [0.15, 0.2) is 0 Å². The van der Waals surface area contributed by atoms with Gasteiger partial charge in [-0.05, 0) is 142 Å². The summed E-state index contributed by atoms with van der Waals surface area (Å²) in [4.78, 5) is 2.36. The summed E-state index contributed by atoms with van der Waals surface area (Å²) in [5.41, 5.74) is 17.5. The Morgan fingerprint density at radius 1 is 0.258 bits per heavy atom. The zero-order valence-electron chi connectivity index (χ0n) is 34.1. The second kappa shape index (κ2) is 14.9. The highest BCUT2D eigenvalue weighted by atomic mass is 15.1. The first-order chi connectivity index (χ1) is 30.8. The summed E-state index contributed by atoms with van der Waals surface area (Å²) < 4.78 is 0. The Morgan fingerprint density at radius 2 is 0.790 bits per heavy atom. The normalized spacial score (nSPS) is 13.0. The lowest BCUT2D eigenvalue weighted by atomic mass is 9.84. The first kappa shape index (κ1) is 35.9. The lowest BCUT2D eigenvalue weighted by molar-refractivity contribution is 1.03. The first-order valence-corrected chi connectivity index (χ1v) is 21.5. The van der Waals surface area contributed by atoms with E-state index < -0.39 is 0 Å². The third-order valence-corrected chi connectivity index (χ3v) is 12.9. The third kappa shape index (κ3) is 6.01. The van der Waals surface area contributed by atoms with Gasteiger partial charge in [-0.1, -0.05) is 194 Å². The predicted molar refractivity (Wildman–Crippen MR) is 263 cm³/mol. The molecule has 0 fully saturated rings. The average Bonchev–Trinajstić information content (AvgIpc) is 3.66. The number of benzene rings is 11. The van der Waals surface area contributed by atoms with Crippen molar-refractivity contribution >= 4 is 49.4 Å². The molecule has 11 aromatic carbocycles. The fraction of sp³-hybridized carbons (Fsp3) is 0.0164. The van der Waals surface area contributed by atoms with E-state index in [0.29, 0.717) is 0 Å². The van der Waals surface area contributed by atoms with E-state index in [2.05, 4.69) is 248 Å². The minimum Gasteiger partial charge on any atom is -0.311 e. The number of anilines is 3. The van der Waals surface area contributed by atoms with Crippen LogP contribution >= 0.6 is 0 Å². The summed E-state index contributed by atoms with van der Waals surface area (Å²) in [5.74, 6) is 0.156. The van der Waals surface area contributed by atoms with Crippen LogP contribution in [0.3, 0.4) is 0 Å². The minimum absolute atomic E-state index is 0.156. The number of hydrogen-bond donors (Lipinski definition) is 0. The zero-order valence-corrected chi connectivity index (χ0v) is 34.1. The Labute approximate surface area is 362 Å². The van der Waals surface area contributed by atoms with Crippen LogP contribution in [-0.4, -0.2) is 0 Å². The topological polar surface area (TPSA) is 3.24 Å². The van der Waals surface area contributed by atoms with Crippen LogP contribution in [-0.2, 0) is 0 Å². The molecule has 0 heterocycles. The summed E-state index contributed by atoms with van der Waals surface area (Å²) in [6.07, 6.45) is 0. The predicted octanol–water partition coefficient (Wildman–Crippen LogP) is 16.8. The van der Waals surface area contributed by atoms with Crippen LogP contribution in [0.4, 0.5) is 17.1 Å². The lowest BCUT2D eigenvalue weighted by Crippen LogP contribution is -2.09. The van der Waals surface area contributed by atoms with E-state index in [1.807, 2.05) is 0 Å². The number of hydrogen-bond acceptors (Lipinski definition) is 1. The second-order valence-corrected chi connectivity index (χ2v) is 16.4. The standard InChI is InChI=1S/C61H41N/c1-3-15-41(16-4-1)52-36-31-42-17-9-10-22-51(42)60(52)44-29-34-49(35-30-44)62(47-20-5-2-6-21-47)48-32-27-43(28-33-48)50-37-38-57(54-24-12-11-23-53(50)54)61-56-26-14-13-25-55(56)58-39-45-18-7-8-19-46(45)40-59(58)61/h1-40,61H. The Kier molecular flexibility index (Phi) is 8.64. The first-order valence-electron chi connectivity index (χ1n) is 21.5. The maximum absolute atomic E-state index is 2.42. The molecule has 1 aliphatic carbocycles. The molecule has 290 valence electrons. The molecule has 0 spiro atoms. The highest BCUT2D eigenvalue weighted by Crippen LogP contribution is 2.51. The van der Waals surface area contributed by atoms with Crippen molar-refractivity contribution in [1.29, 1.82) is 0 Å². The van der Waals surface area contributed by atoms with Gasteiger partial charge in [-0.25, -0.2) is 0 Å². The van der Waals surface area contributed by atoms with Gasteiger partial charge in [-0.15, -0.1) is 0 Å². The lowest BCUT2D eigenvalue weighted by Gasteiger charge is -2.26. The largest absolute Gasteiger partial charge is 0.311 e. The smallest absolute Gasteiger partial charge is 0.0462 e. The summed E-state index contributed by atoms with van der Waals surface area (Å²) in [6.45, 7) is 0. The zero-order chi connectivity index (χ0) is 41.0. The van der Waals surface area contributed by atoms with Gasteiger partial charge in [0.2, 0.25) is 0 Å². The summed E-state index contributed by atoms with van der Waals surface area (Å²) in [7, 11) is 0. The Morgan fingerprint density at radius 3 is 1.53 bits per heavy atom. The summed E-state index contributed by atoms with van der Waals surface area (Å²) >= 11 is 0. The molecule has 11 aromatic rings. The van der Waals surface area contributed by atoms with Gasteiger partial charge in [0.05, 0.1) is 0 Å². The van der Waals surface area contributed by atoms with E-state index in [1.54, 1.807) is 0 Å². The molecule has 0 aliphatic heterocycles. The SMILES string of the molecule is c1ccc(-c2ccc3ccccc3c2-c2ccc(N(c3ccccc3)c3ccc(-c4ccc(C5c6ccccc6-c6cc7ccccc7cc65)c5ccccc45)cc3)cc2)cc1. The van der Waals surface area contributed by atoms with Crippen LogP contribution in [0, 0.1) is 0 Å². The number of fused-ring (bicyclic) bond motifs is 6. The van der Waals surface area contributed by atoms with E-state index >= 15 is 0 Å². The molecular weight excluding hydrogens is 747 g/mol. The molecule has 0 saturated heterocycles. The molecule has 0 N–H and O–H groups in total. The van der Waals surface area contributed by atoms with Crippen LogP contribution in [0.1, 0.15) is 22.6 Å². The maximum atomic E-state index is 2.42. The van der Waals surface area contributed by atoms with E-state index in [1.165, 1.54) is 93.5 Å². The molecule has 0 amide bonds. The highest BCUT2D eigenvalue weighted by molar-refractivity contribution is 6.05. The van der Waals surface area contributed by atoms with Crippen molar-refractivity contribution in [2.75, 3.05) is 4.90 Å². The molecule has 0 radical (unpaired) electrons. The van der Waals surface area contributed by atoms with Crippen molar-refractivity contribution in [2.24, 2.45) is 0 Å². The van der Waals surface area contributed by atoms with Crippen molar-refractivity contribution in [1.82, 2.24) is 0 Å². The van der Waals surface area contributed by atoms with Gasteiger partial charge >= 0.3 is 0 Å². The van der Waals surface area contributed by atoms with Gasteiger partial charge < -0.3 is 4.90 Å². The third-order valence-electron chi connectivity index (χ3n) is 12.9. The Bertz CT molecular complexity index is 3440. The molecule has 1 unspecified atom stereocenters. The van der Waals surface area contributed by atoms with Crippen molar-refractivity contribution in [3.8, 4) is 44.5 Å². The second-order valence-electron chi connectivity index (χ2n) is 16.4. The van der Waals surface area contributed by atoms with E-state index in [9.17, 15) is 0 Å². The molecule has 1 heteroatoms. The molecule has 0 aromatic heterocycles. The molecule has 12 rings (SSSR count). The number of para-hydroxylation sites is 1. The molecular formula is C61H41N. The van der Waals surface area contributed by atoms with Crippen molar-refractivity contribution < 1.29 is 0 Å². The summed E-state index contributed by atoms with van der Waals surface area (Å²) in [6, 6.07) is 89.1. The molecule has 0 bridgehead atoms. The van der Waals surface area contributed by atoms with E-state index in [-0.39, 0.29) is 5.92 Å². The molecule has 1 atom stereocenters. The van der Waals surface area contributed by atoms with Crippen molar-refractivity contribution in [2.45, 2.75) is 5.92 Å². The van der Waals surface area contributed by atoms with Gasteiger partial charge in [0, 0.05) is 23.0 Å². The number of nitrogens with zero attached hydrogens (tertiary/aromatic N) is 1. The van der Waals surface area contributed by atoms with Crippen LogP contribution < -0.4 is 4.90 Å². The number of rotatable bonds is 7. The van der Waals surface area contributed by atoms with Gasteiger partial charge in [-0.2, -0.15) is 0 Å². The molecule has 1 nitrogen and oxygen atoms in total.